The predicted octanol–water partition coefficient (Wildman–Crippen LogP) is 2.64. The molecule has 0 amide bonds. The zero-order valence-corrected chi connectivity index (χ0v) is 11.7. The molecule has 0 atom stereocenters. The Morgan fingerprint density at radius 1 is 1.35 bits per heavy atom. The zero-order valence-electron chi connectivity index (χ0n) is 11.7. The van der Waals surface area contributed by atoms with Crippen LogP contribution < -0.4 is 0 Å². The lowest BCUT2D eigenvalue weighted by Crippen LogP contribution is -2.06. The summed E-state index contributed by atoms with van der Waals surface area (Å²) in [5.41, 5.74) is 0.535. The van der Waals surface area contributed by atoms with E-state index in [0.717, 1.165) is 12.8 Å². The van der Waals surface area contributed by atoms with Crippen molar-refractivity contribution in [3.8, 4) is 11.5 Å². The van der Waals surface area contributed by atoms with Gasteiger partial charge in [0.25, 0.3) is 0 Å². The Morgan fingerprint density at radius 2 is 2.15 bits per heavy atom. The highest BCUT2D eigenvalue weighted by Gasteiger charge is 2.02. The minimum atomic E-state index is -0.193. The summed E-state index contributed by atoms with van der Waals surface area (Å²) in [6.45, 7) is 3.02. The summed E-state index contributed by atoms with van der Waals surface area (Å²) >= 11 is 0. The second-order valence-corrected chi connectivity index (χ2v) is 4.46. The zero-order chi connectivity index (χ0) is 14.8. The topological polar surface area (TPSA) is 79.1 Å². The molecule has 0 aliphatic carbocycles. The highest BCUT2D eigenvalue weighted by atomic mass is 16.5. The third-order valence-electron chi connectivity index (χ3n) is 2.67. The van der Waals surface area contributed by atoms with Gasteiger partial charge in [-0.25, -0.2) is 0 Å². The first-order valence-corrected chi connectivity index (χ1v) is 6.81. The highest BCUT2D eigenvalue weighted by Crippen LogP contribution is 2.20. The highest BCUT2D eigenvalue weighted by molar-refractivity contribution is 5.83. The molecule has 5 heteroatoms. The van der Waals surface area contributed by atoms with Crippen LogP contribution in [0.15, 0.2) is 23.2 Å². The van der Waals surface area contributed by atoms with Crippen LogP contribution in [-0.2, 0) is 9.53 Å². The Hall–Kier alpha value is -2.04. The van der Waals surface area contributed by atoms with E-state index in [4.69, 9.17) is 9.84 Å². The lowest BCUT2D eigenvalue weighted by molar-refractivity contribution is -0.143. The Morgan fingerprint density at radius 3 is 2.85 bits per heavy atom. The molecular weight excluding hydrogens is 258 g/mol. The van der Waals surface area contributed by atoms with E-state index in [9.17, 15) is 9.90 Å². The van der Waals surface area contributed by atoms with Gasteiger partial charge in [0.05, 0.1) is 6.61 Å². The number of esters is 1. The number of carbonyl (C=O) groups excluding carboxylic acids is 1. The number of hydrogen-bond acceptors (Lipinski definition) is 5. The molecule has 20 heavy (non-hydrogen) atoms. The van der Waals surface area contributed by atoms with Gasteiger partial charge in [0.1, 0.15) is 11.5 Å². The van der Waals surface area contributed by atoms with Crippen molar-refractivity contribution in [3.05, 3.63) is 23.8 Å². The molecule has 0 saturated carbocycles. The smallest absolute Gasteiger partial charge is 0.305 e. The average molecular weight is 279 g/mol. The van der Waals surface area contributed by atoms with Crippen molar-refractivity contribution in [3.63, 3.8) is 0 Å². The monoisotopic (exact) mass is 279 g/mol. The van der Waals surface area contributed by atoms with E-state index >= 15 is 0 Å². The third-order valence-corrected chi connectivity index (χ3v) is 2.67. The van der Waals surface area contributed by atoms with Crippen molar-refractivity contribution in [2.75, 3.05) is 13.2 Å². The van der Waals surface area contributed by atoms with Gasteiger partial charge in [-0.1, -0.05) is 13.3 Å². The number of aromatic hydroxyl groups is 2. The maximum Gasteiger partial charge on any atom is 0.305 e. The normalized spacial score (nSPS) is 10.8. The van der Waals surface area contributed by atoms with E-state index in [1.165, 1.54) is 18.3 Å². The second kappa shape index (κ2) is 8.96. The van der Waals surface area contributed by atoms with Gasteiger partial charge < -0.3 is 14.9 Å². The van der Waals surface area contributed by atoms with Gasteiger partial charge in [-0.3, -0.25) is 9.79 Å². The summed E-state index contributed by atoms with van der Waals surface area (Å²) in [4.78, 5) is 15.4. The molecule has 110 valence electrons. The summed E-state index contributed by atoms with van der Waals surface area (Å²) in [7, 11) is 0. The van der Waals surface area contributed by atoms with E-state index < -0.39 is 0 Å². The Labute approximate surface area is 118 Å². The fraction of sp³-hybridized carbons (Fsp3) is 0.467. The van der Waals surface area contributed by atoms with E-state index in [2.05, 4.69) is 4.99 Å². The first kappa shape index (κ1) is 16.0. The maximum atomic E-state index is 11.3. The molecule has 2 N–H and O–H groups in total. The van der Waals surface area contributed by atoms with Crippen molar-refractivity contribution in [2.24, 2.45) is 4.99 Å². The maximum absolute atomic E-state index is 11.3. The number of rotatable bonds is 8. The SMILES string of the molecule is CCCCOC(=O)CCCN=Cc1ccc(O)cc1O. The molecule has 0 aromatic heterocycles. The number of unbranched alkanes of at least 4 members (excludes halogenated alkanes) is 1. The van der Waals surface area contributed by atoms with Crippen LogP contribution in [0.1, 0.15) is 38.2 Å². The minimum absolute atomic E-state index is 0.00877. The molecule has 1 aromatic carbocycles. The quantitative estimate of drug-likeness (QED) is 0.435. The molecule has 0 bridgehead atoms. The molecule has 1 rings (SSSR count). The van der Waals surface area contributed by atoms with E-state index in [1.54, 1.807) is 6.07 Å². The number of carbonyl (C=O) groups is 1. The van der Waals surface area contributed by atoms with E-state index in [1.807, 2.05) is 6.92 Å². The van der Waals surface area contributed by atoms with Crippen LogP contribution in [0.2, 0.25) is 0 Å². The third kappa shape index (κ3) is 6.22. The van der Waals surface area contributed by atoms with Crippen molar-refractivity contribution in [1.29, 1.82) is 0 Å². The Bertz CT molecular complexity index is 457. The van der Waals surface area contributed by atoms with Crippen LogP contribution in [0.3, 0.4) is 0 Å². The number of nitrogens with zero attached hydrogens (tertiary/aromatic N) is 1. The van der Waals surface area contributed by atoms with Crippen LogP contribution in [0.5, 0.6) is 11.5 Å². The molecule has 0 aliphatic rings. The summed E-state index contributed by atoms with van der Waals surface area (Å²) < 4.78 is 5.02. The largest absolute Gasteiger partial charge is 0.508 e. The summed E-state index contributed by atoms with van der Waals surface area (Å²) in [5, 5.41) is 18.7. The second-order valence-electron chi connectivity index (χ2n) is 4.46. The van der Waals surface area contributed by atoms with Gasteiger partial charge in [-0.15, -0.1) is 0 Å². The molecule has 0 spiro atoms. The van der Waals surface area contributed by atoms with Gasteiger partial charge in [0.2, 0.25) is 0 Å². The van der Waals surface area contributed by atoms with Crippen LogP contribution in [0, 0.1) is 0 Å². The van der Waals surface area contributed by atoms with Crippen molar-refractivity contribution in [1.82, 2.24) is 0 Å². The van der Waals surface area contributed by atoms with E-state index in [0.29, 0.717) is 31.6 Å². The van der Waals surface area contributed by atoms with Crippen molar-refractivity contribution in [2.45, 2.75) is 32.6 Å². The molecular formula is C15H21NO4. The van der Waals surface area contributed by atoms with Gasteiger partial charge in [-0.05, 0) is 25.0 Å². The van der Waals surface area contributed by atoms with E-state index in [-0.39, 0.29) is 17.5 Å². The number of hydrogen-bond donors (Lipinski definition) is 2. The molecule has 0 saturated heterocycles. The Kier molecular flexibility index (Phi) is 7.17. The van der Waals surface area contributed by atoms with Crippen LogP contribution in [-0.4, -0.2) is 35.5 Å². The standard InChI is InChI=1S/C15H21NO4/c1-2-3-9-20-15(19)5-4-8-16-11-12-6-7-13(17)10-14(12)18/h6-7,10-11,17-18H,2-5,8-9H2,1H3. The number of phenolic OH excluding ortho intramolecular Hbond substituents is 2. The van der Waals surface area contributed by atoms with Crippen LogP contribution in [0.25, 0.3) is 0 Å². The van der Waals surface area contributed by atoms with Crippen molar-refractivity contribution >= 4 is 12.2 Å². The fourth-order valence-electron chi connectivity index (χ4n) is 1.52. The lowest BCUT2D eigenvalue weighted by atomic mass is 10.2. The molecule has 0 fully saturated rings. The summed E-state index contributed by atoms with van der Waals surface area (Å²) in [6, 6.07) is 4.31. The van der Waals surface area contributed by atoms with Gasteiger partial charge in [0.15, 0.2) is 0 Å². The molecule has 5 nitrogen and oxygen atoms in total. The minimum Gasteiger partial charge on any atom is -0.508 e. The van der Waals surface area contributed by atoms with Crippen molar-refractivity contribution < 1.29 is 19.7 Å². The number of phenols is 2. The molecule has 0 aliphatic heterocycles. The molecule has 0 radical (unpaired) electrons. The van der Waals surface area contributed by atoms with Gasteiger partial charge in [-0.2, -0.15) is 0 Å². The molecule has 0 unspecified atom stereocenters. The molecule has 0 heterocycles. The van der Waals surface area contributed by atoms with Gasteiger partial charge >= 0.3 is 5.97 Å². The number of ether oxygens (including phenoxy) is 1. The number of aliphatic imine (C=N–C) groups is 1. The predicted molar refractivity (Wildman–Crippen MR) is 77.3 cm³/mol. The summed E-state index contributed by atoms with van der Waals surface area (Å²) in [6.07, 6.45) is 4.39. The summed E-state index contributed by atoms with van der Waals surface area (Å²) in [5.74, 6) is -0.205. The lowest BCUT2D eigenvalue weighted by Gasteiger charge is -2.02. The Balaban J connectivity index is 2.23. The first-order chi connectivity index (χ1) is 9.63. The van der Waals surface area contributed by atoms with Crippen LogP contribution in [0.4, 0.5) is 0 Å². The van der Waals surface area contributed by atoms with Gasteiger partial charge in [0, 0.05) is 30.8 Å². The molecule has 1 aromatic rings. The average Bonchev–Trinajstić information content (AvgIpc) is 2.41. The first-order valence-electron chi connectivity index (χ1n) is 6.81. The number of benzene rings is 1. The fourth-order valence-corrected chi connectivity index (χ4v) is 1.52. The van der Waals surface area contributed by atoms with Crippen LogP contribution >= 0.6 is 0 Å².